The average molecular weight is 329 g/mol. The van der Waals surface area contributed by atoms with Gasteiger partial charge in [0.05, 0.1) is 24.0 Å². The first-order valence-electron chi connectivity index (χ1n) is 7.61. The van der Waals surface area contributed by atoms with Gasteiger partial charge in [0.25, 0.3) is 5.91 Å². The summed E-state index contributed by atoms with van der Waals surface area (Å²) >= 11 is 0. The summed E-state index contributed by atoms with van der Waals surface area (Å²) in [6.07, 6.45) is 2.92. The van der Waals surface area contributed by atoms with Crippen molar-refractivity contribution < 1.29 is 4.79 Å². The van der Waals surface area contributed by atoms with E-state index in [0.717, 1.165) is 11.3 Å². The Morgan fingerprint density at radius 1 is 1.04 bits per heavy atom. The smallest absolute Gasteiger partial charge is 0.275 e. The minimum Gasteiger partial charge on any atom is -0.339 e. The maximum Gasteiger partial charge on any atom is 0.275 e. The highest BCUT2D eigenvalue weighted by Gasteiger charge is 2.09. The van der Waals surface area contributed by atoms with Gasteiger partial charge in [-0.15, -0.1) is 0 Å². The van der Waals surface area contributed by atoms with Crippen LogP contribution in [0, 0.1) is 18.3 Å². The molecule has 0 aliphatic rings. The first-order valence-corrected chi connectivity index (χ1v) is 7.61. The van der Waals surface area contributed by atoms with Crippen LogP contribution in [-0.2, 0) is 0 Å². The molecular weight excluding hydrogens is 314 g/mol. The lowest BCUT2D eigenvalue weighted by molar-refractivity contribution is 0.102. The van der Waals surface area contributed by atoms with Gasteiger partial charge < -0.3 is 10.6 Å². The van der Waals surface area contributed by atoms with Gasteiger partial charge in [-0.3, -0.25) is 4.79 Å². The van der Waals surface area contributed by atoms with Crippen molar-refractivity contribution in [2.45, 2.75) is 6.92 Å². The van der Waals surface area contributed by atoms with Crippen LogP contribution in [0.4, 0.5) is 17.2 Å². The predicted octanol–water partition coefficient (Wildman–Crippen LogP) is 3.65. The third-order valence-electron chi connectivity index (χ3n) is 3.45. The lowest BCUT2D eigenvalue weighted by Gasteiger charge is -2.07. The number of aryl methyl sites for hydroxylation is 1. The number of carbonyl (C=O) groups excluding carboxylic acids is 1. The highest BCUT2D eigenvalue weighted by molar-refractivity contribution is 6.02. The number of nitriles is 1. The Morgan fingerprint density at radius 2 is 1.84 bits per heavy atom. The highest BCUT2D eigenvalue weighted by Crippen LogP contribution is 2.15. The molecule has 3 rings (SSSR count). The van der Waals surface area contributed by atoms with Crippen molar-refractivity contribution in [1.82, 2.24) is 9.97 Å². The van der Waals surface area contributed by atoms with Crippen molar-refractivity contribution in [1.29, 1.82) is 5.26 Å². The number of nitrogens with zero attached hydrogens (tertiary/aromatic N) is 3. The van der Waals surface area contributed by atoms with Gasteiger partial charge >= 0.3 is 0 Å². The summed E-state index contributed by atoms with van der Waals surface area (Å²) in [5, 5.41) is 14.6. The molecule has 0 unspecified atom stereocenters. The molecule has 6 nitrogen and oxygen atoms in total. The number of hydrogen-bond acceptors (Lipinski definition) is 5. The molecule has 0 aliphatic carbocycles. The molecule has 122 valence electrons. The van der Waals surface area contributed by atoms with Gasteiger partial charge in [-0.05, 0) is 48.9 Å². The van der Waals surface area contributed by atoms with E-state index in [-0.39, 0.29) is 11.6 Å². The Balaban J connectivity index is 1.66. The quantitative estimate of drug-likeness (QED) is 0.762. The number of nitrogens with one attached hydrogen (secondary N) is 2. The average Bonchev–Trinajstić information content (AvgIpc) is 2.63. The number of anilines is 3. The van der Waals surface area contributed by atoms with Crippen molar-refractivity contribution in [2.75, 3.05) is 10.6 Å². The Labute approximate surface area is 145 Å². The van der Waals surface area contributed by atoms with Gasteiger partial charge in [0, 0.05) is 11.4 Å². The van der Waals surface area contributed by atoms with Crippen LogP contribution in [0.15, 0.2) is 60.9 Å². The first-order chi connectivity index (χ1) is 12.1. The normalized spacial score (nSPS) is 9.92. The summed E-state index contributed by atoms with van der Waals surface area (Å²) in [6, 6.07) is 16.5. The maximum atomic E-state index is 12.2. The fourth-order valence-corrected chi connectivity index (χ4v) is 2.20. The number of rotatable bonds is 4. The van der Waals surface area contributed by atoms with Crippen LogP contribution in [0.5, 0.6) is 0 Å². The fourth-order valence-electron chi connectivity index (χ4n) is 2.20. The van der Waals surface area contributed by atoms with Crippen LogP contribution >= 0.6 is 0 Å². The van der Waals surface area contributed by atoms with Crippen molar-refractivity contribution in [3.8, 4) is 6.07 Å². The van der Waals surface area contributed by atoms with Gasteiger partial charge in [-0.2, -0.15) is 5.26 Å². The van der Waals surface area contributed by atoms with Crippen LogP contribution in [0.25, 0.3) is 0 Å². The second-order valence-electron chi connectivity index (χ2n) is 5.42. The highest BCUT2D eigenvalue weighted by atomic mass is 16.1. The Hall–Kier alpha value is -3.72. The zero-order valence-corrected chi connectivity index (χ0v) is 13.5. The molecule has 0 spiro atoms. The third-order valence-corrected chi connectivity index (χ3v) is 3.45. The molecule has 0 saturated carbocycles. The summed E-state index contributed by atoms with van der Waals surface area (Å²) < 4.78 is 0. The van der Waals surface area contributed by atoms with Gasteiger partial charge in [-0.1, -0.05) is 12.1 Å². The standard InChI is InChI=1S/C19H15N5O/c1-13-3-2-4-16(9-13)23-18-12-21-17(11-22-18)19(25)24-15-7-5-14(10-20)6-8-15/h2-9,11-12H,1H3,(H,22,23)(H,24,25). The van der Waals surface area contributed by atoms with Crippen LogP contribution in [0.2, 0.25) is 0 Å². The van der Waals surface area contributed by atoms with E-state index in [1.807, 2.05) is 37.3 Å². The van der Waals surface area contributed by atoms with Gasteiger partial charge in [-0.25, -0.2) is 9.97 Å². The summed E-state index contributed by atoms with van der Waals surface area (Å²) in [5.41, 5.74) is 3.37. The van der Waals surface area contributed by atoms with Gasteiger partial charge in [0.15, 0.2) is 0 Å². The van der Waals surface area contributed by atoms with Gasteiger partial charge in [0.2, 0.25) is 0 Å². The zero-order valence-electron chi connectivity index (χ0n) is 13.5. The summed E-state index contributed by atoms with van der Waals surface area (Å²) in [4.78, 5) is 20.5. The minimum atomic E-state index is -0.362. The minimum absolute atomic E-state index is 0.208. The molecule has 2 aromatic carbocycles. The van der Waals surface area contributed by atoms with E-state index < -0.39 is 0 Å². The second kappa shape index (κ2) is 7.23. The summed E-state index contributed by atoms with van der Waals surface area (Å²) in [6.45, 7) is 2.01. The number of carbonyl (C=O) groups is 1. The molecular formula is C19H15N5O. The molecule has 1 aromatic heterocycles. The lowest BCUT2D eigenvalue weighted by atomic mass is 10.2. The number of benzene rings is 2. The molecule has 1 heterocycles. The SMILES string of the molecule is Cc1cccc(Nc2cnc(C(=O)Nc3ccc(C#N)cc3)cn2)c1. The molecule has 6 heteroatoms. The predicted molar refractivity (Wildman–Crippen MR) is 95.6 cm³/mol. The van der Waals surface area contributed by atoms with E-state index in [1.165, 1.54) is 12.4 Å². The molecule has 0 radical (unpaired) electrons. The monoisotopic (exact) mass is 329 g/mol. The van der Waals surface area contributed by atoms with Crippen LogP contribution in [-0.4, -0.2) is 15.9 Å². The maximum absolute atomic E-state index is 12.2. The Bertz CT molecular complexity index is 927. The lowest BCUT2D eigenvalue weighted by Crippen LogP contribution is -2.14. The molecule has 0 fully saturated rings. The molecule has 0 atom stereocenters. The van der Waals surface area contributed by atoms with Crippen molar-refractivity contribution >= 4 is 23.1 Å². The molecule has 0 saturated heterocycles. The van der Waals surface area contributed by atoms with E-state index in [4.69, 9.17) is 5.26 Å². The topological polar surface area (TPSA) is 90.7 Å². The van der Waals surface area contributed by atoms with Crippen LogP contribution in [0.1, 0.15) is 21.6 Å². The Kier molecular flexibility index (Phi) is 4.67. The van der Waals surface area contributed by atoms with E-state index in [0.29, 0.717) is 17.1 Å². The van der Waals surface area contributed by atoms with Gasteiger partial charge in [0.1, 0.15) is 11.5 Å². The number of aromatic nitrogens is 2. The molecule has 0 bridgehead atoms. The molecule has 2 N–H and O–H groups in total. The number of amides is 1. The van der Waals surface area contributed by atoms with E-state index in [9.17, 15) is 4.79 Å². The molecule has 0 aliphatic heterocycles. The first kappa shape index (κ1) is 16.1. The summed E-state index contributed by atoms with van der Waals surface area (Å²) in [5.74, 6) is 0.194. The van der Waals surface area contributed by atoms with E-state index >= 15 is 0 Å². The van der Waals surface area contributed by atoms with E-state index in [2.05, 4.69) is 20.6 Å². The summed E-state index contributed by atoms with van der Waals surface area (Å²) in [7, 11) is 0. The second-order valence-corrected chi connectivity index (χ2v) is 5.42. The van der Waals surface area contributed by atoms with Crippen molar-refractivity contribution in [2.24, 2.45) is 0 Å². The molecule has 25 heavy (non-hydrogen) atoms. The van der Waals surface area contributed by atoms with E-state index in [1.54, 1.807) is 24.3 Å². The van der Waals surface area contributed by atoms with Crippen LogP contribution < -0.4 is 10.6 Å². The number of hydrogen-bond donors (Lipinski definition) is 2. The molecule has 1 amide bonds. The van der Waals surface area contributed by atoms with Crippen molar-refractivity contribution in [3.63, 3.8) is 0 Å². The largest absolute Gasteiger partial charge is 0.339 e. The van der Waals surface area contributed by atoms with Crippen LogP contribution in [0.3, 0.4) is 0 Å². The Morgan fingerprint density at radius 3 is 2.48 bits per heavy atom. The third kappa shape index (κ3) is 4.18. The fraction of sp³-hybridized carbons (Fsp3) is 0.0526. The zero-order chi connectivity index (χ0) is 17.6. The molecule has 3 aromatic rings. The van der Waals surface area contributed by atoms with Crippen molar-refractivity contribution in [3.05, 3.63) is 77.7 Å².